The van der Waals surface area contributed by atoms with Crippen LogP contribution in [0.5, 0.6) is 0 Å². The third-order valence-corrected chi connectivity index (χ3v) is 6.17. The van der Waals surface area contributed by atoms with Crippen LogP contribution >= 0.6 is 0 Å². The molecule has 18 heavy (non-hydrogen) atoms. The first-order valence-corrected chi connectivity index (χ1v) is 7.93. The summed E-state index contributed by atoms with van der Waals surface area (Å²) in [6.45, 7) is 2.34. The molecule has 4 rings (SSSR count). The lowest BCUT2D eigenvalue weighted by molar-refractivity contribution is 0.136. The molecule has 0 aromatic heterocycles. The predicted molar refractivity (Wildman–Crippen MR) is 75.8 cm³/mol. The van der Waals surface area contributed by atoms with Crippen LogP contribution in [0, 0.1) is 24.7 Å². The van der Waals surface area contributed by atoms with E-state index < -0.39 is 0 Å². The number of aryl methyl sites for hydroxylation is 2. The minimum Gasteiger partial charge on any atom is -0.0617 e. The summed E-state index contributed by atoms with van der Waals surface area (Å²) in [4.78, 5) is 0. The van der Waals surface area contributed by atoms with Crippen molar-refractivity contribution >= 4 is 0 Å². The number of hydrogen-bond acceptors (Lipinski definition) is 0. The molecule has 0 aliphatic heterocycles. The van der Waals surface area contributed by atoms with Crippen molar-refractivity contribution in [2.45, 2.75) is 57.8 Å². The van der Waals surface area contributed by atoms with E-state index in [0.717, 1.165) is 23.7 Å². The maximum atomic E-state index is 2.39. The Bertz CT molecular complexity index is 459. The highest BCUT2D eigenvalue weighted by molar-refractivity contribution is 5.40. The maximum absolute atomic E-state index is 2.39. The average Bonchev–Trinajstić information content (AvgIpc) is 2.86. The summed E-state index contributed by atoms with van der Waals surface area (Å²) < 4.78 is 0. The van der Waals surface area contributed by atoms with E-state index in [-0.39, 0.29) is 0 Å². The number of benzene rings is 1. The Balaban J connectivity index is 1.75. The fraction of sp³-hybridized carbons (Fsp3) is 0.667. The van der Waals surface area contributed by atoms with Crippen molar-refractivity contribution in [1.82, 2.24) is 0 Å². The number of hydrogen-bond donors (Lipinski definition) is 0. The highest BCUT2D eigenvalue weighted by Gasteiger charge is 2.44. The van der Waals surface area contributed by atoms with E-state index in [1.165, 1.54) is 44.9 Å². The molecule has 2 fully saturated rings. The molecule has 3 aliphatic rings. The van der Waals surface area contributed by atoms with Crippen LogP contribution in [0.15, 0.2) is 18.2 Å². The van der Waals surface area contributed by atoms with Crippen LogP contribution in [-0.2, 0) is 6.42 Å². The van der Waals surface area contributed by atoms with Crippen molar-refractivity contribution in [2.75, 3.05) is 0 Å². The van der Waals surface area contributed by atoms with E-state index in [4.69, 9.17) is 0 Å². The smallest absolute Gasteiger partial charge is 0.0125 e. The fourth-order valence-corrected chi connectivity index (χ4v) is 5.48. The van der Waals surface area contributed by atoms with Crippen LogP contribution in [0.1, 0.15) is 61.1 Å². The molecule has 0 amide bonds. The maximum Gasteiger partial charge on any atom is -0.0125 e. The molecule has 0 heteroatoms. The molecule has 3 aliphatic carbocycles. The van der Waals surface area contributed by atoms with Gasteiger partial charge >= 0.3 is 0 Å². The van der Waals surface area contributed by atoms with Crippen LogP contribution in [0.4, 0.5) is 0 Å². The van der Waals surface area contributed by atoms with Crippen LogP contribution in [0.25, 0.3) is 0 Å². The van der Waals surface area contributed by atoms with Crippen molar-refractivity contribution in [3.8, 4) is 0 Å². The fourth-order valence-electron chi connectivity index (χ4n) is 5.48. The molecular formula is C18H24. The summed E-state index contributed by atoms with van der Waals surface area (Å²) in [5.74, 6) is 4.11. The molecule has 2 saturated carbocycles. The van der Waals surface area contributed by atoms with Crippen molar-refractivity contribution in [1.29, 1.82) is 0 Å². The first-order chi connectivity index (χ1) is 8.84. The van der Waals surface area contributed by atoms with Gasteiger partial charge in [-0.2, -0.15) is 0 Å². The summed E-state index contributed by atoms with van der Waals surface area (Å²) in [5.41, 5.74) is 5.01. The molecule has 0 radical (unpaired) electrons. The van der Waals surface area contributed by atoms with E-state index in [2.05, 4.69) is 25.1 Å². The van der Waals surface area contributed by atoms with Gasteiger partial charge in [-0.3, -0.25) is 0 Å². The van der Waals surface area contributed by atoms with E-state index in [1.807, 2.05) is 0 Å². The van der Waals surface area contributed by atoms with Gasteiger partial charge in [0.2, 0.25) is 0 Å². The van der Waals surface area contributed by atoms with Crippen molar-refractivity contribution in [3.63, 3.8) is 0 Å². The summed E-state index contributed by atoms with van der Waals surface area (Å²) in [7, 11) is 0. The van der Waals surface area contributed by atoms with Gasteiger partial charge in [-0.25, -0.2) is 0 Å². The Hall–Kier alpha value is -0.780. The summed E-state index contributed by atoms with van der Waals surface area (Å²) in [5, 5.41) is 0. The van der Waals surface area contributed by atoms with Gasteiger partial charge in [0, 0.05) is 0 Å². The normalized spacial score (nSPS) is 37.8. The molecule has 96 valence electrons. The highest BCUT2D eigenvalue weighted by atomic mass is 14.5. The topological polar surface area (TPSA) is 0 Å². The van der Waals surface area contributed by atoms with Gasteiger partial charge in [-0.05, 0) is 79.4 Å². The van der Waals surface area contributed by atoms with Crippen molar-refractivity contribution in [3.05, 3.63) is 34.9 Å². The molecule has 0 N–H and O–H groups in total. The Morgan fingerprint density at radius 2 is 1.89 bits per heavy atom. The Kier molecular flexibility index (Phi) is 2.53. The van der Waals surface area contributed by atoms with Crippen LogP contribution in [0.2, 0.25) is 0 Å². The lowest BCUT2D eigenvalue weighted by Gasteiger charge is -2.44. The largest absolute Gasteiger partial charge is 0.0617 e. The van der Waals surface area contributed by atoms with Crippen LogP contribution in [0.3, 0.4) is 0 Å². The standard InChI is InChI=1S/C18H24/c1-12-4-2-6-14-9-10-16-15-7-3-5-13(15)8-11-17(16)18(12)14/h2,4,6,13,15-17H,3,5,7-11H2,1H3. The van der Waals surface area contributed by atoms with Gasteiger partial charge in [0.25, 0.3) is 0 Å². The average molecular weight is 240 g/mol. The third kappa shape index (κ3) is 1.51. The summed E-state index contributed by atoms with van der Waals surface area (Å²) in [6, 6.07) is 6.98. The first kappa shape index (κ1) is 11.1. The van der Waals surface area contributed by atoms with Gasteiger partial charge < -0.3 is 0 Å². The molecule has 4 unspecified atom stereocenters. The Morgan fingerprint density at radius 3 is 2.83 bits per heavy atom. The van der Waals surface area contributed by atoms with E-state index in [1.54, 1.807) is 16.7 Å². The van der Waals surface area contributed by atoms with Gasteiger partial charge in [0.1, 0.15) is 0 Å². The molecule has 1 aromatic rings. The van der Waals surface area contributed by atoms with Gasteiger partial charge in [-0.15, -0.1) is 0 Å². The molecule has 0 spiro atoms. The van der Waals surface area contributed by atoms with Gasteiger partial charge in [0.05, 0.1) is 0 Å². The van der Waals surface area contributed by atoms with Gasteiger partial charge in [-0.1, -0.05) is 31.0 Å². The second-order valence-electron chi connectivity index (χ2n) is 6.89. The first-order valence-electron chi connectivity index (χ1n) is 7.93. The van der Waals surface area contributed by atoms with Crippen molar-refractivity contribution in [2.24, 2.45) is 17.8 Å². The number of fused-ring (bicyclic) bond motifs is 5. The van der Waals surface area contributed by atoms with E-state index in [0.29, 0.717) is 0 Å². The van der Waals surface area contributed by atoms with E-state index >= 15 is 0 Å². The zero-order valence-corrected chi connectivity index (χ0v) is 11.5. The Labute approximate surface area is 111 Å². The lowest BCUT2D eigenvalue weighted by Crippen LogP contribution is -2.34. The molecule has 0 saturated heterocycles. The molecule has 1 aromatic carbocycles. The summed E-state index contributed by atoms with van der Waals surface area (Å²) >= 11 is 0. The number of rotatable bonds is 0. The Morgan fingerprint density at radius 1 is 0.944 bits per heavy atom. The predicted octanol–water partition coefficient (Wildman–Crippen LogP) is 4.85. The molecule has 4 atom stereocenters. The zero-order valence-electron chi connectivity index (χ0n) is 11.5. The quantitative estimate of drug-likeness (QED) is 0.608. The van der Waals surface area contributed by atoms with Crippen LogP contribution in [-0.4, -0.2) is 0 Å². The highest BCUT2D eigenvalue weighted by Crippen LogP contribution is 2.55. The minimum atomic E-state index is 0.911. The lowest BCUT2D eigenvalue weighted by atomic mass is 9.60. The third-order valence-electron chi connectivity index (χ3n) is 6.17. The second-order valence-corrected chi connectivity index (χ2v) is 6.89. The monoisotopic (exact) mass is 240 g/mol. The zero-order chi connectivity index (χ0) is 12.1. The second kappa shape index (κ2) is 4.11. The van der Waals surface area contributed by atoms with E-state index in [9.17, 15) is 0 Å². The van der Waals surface area contributed by atoms with Gasteiger partial charge in [0.15, 0.2) is 0 Å². The molecule has 0 bridgehead atoms. The molecule has 0 heterocycles. The molecule has 0 nitrogen and oxygen atoms in total. The van der Waals surface area contributed by atoms with Crippen molar-refractivity contribution < 1.29 is 0 Å². The van der Waals surface area contributed by atoms with Crippen LogP contribution < -0.4 is 0 Å². The summed E-state index contributed by atoms with van der Waals surface area (Å²) in [6.07, 6.45) is 10.4. The minimum absolute atomic E-state index is 0.911. The SMILES string of the molecule is Cc1cccc2c1C1CCC3CCCC3C1CC2. The molecular weight excluding hydrogens is 216 g/mol.